The molecule has 0 atom stereocenters. The average Bonchev–Trinajstić information content (AvgIpc) is 3.38. The number of carboxylic acid groups (broad SMARTS) is 1. The quantitative estimate of drug-likeness (QED) is 0.910. The minimum atomic E-state index is -1.17. The number of nitrogens with zero attached hydrogens (tertiary/aromatic N) is 3. The maximum atomic E-state index is 12.6. The Bertz CT molecular complexity index is 727. The van der Waals surface area contributed by atoms with Crippen LogP contribution in [0.5, 0.6) is 0 Å². The highest BCUT2D eigenvalue weighted by atomic mass is 35.5. The Kier molecular flexibility index (Phi) is 4.25. The van der Waals surface area contributed by atoms with Gasteiger partial charge in [-0.2, -0.15) is 0 Å². The van der Waals surface area contributed by atoms with E-state index in [1.165, 1.54) is 6.20 Å². The molecule has 3 rings (SSSR count). The van der Waals surface area contributed by atoms with E-state index in [-0.39, 0.29) is 23.3 Å². The van der Waals surface area contributed by atoms with E-state index >= 15 is 0 Å². The van der Waals surface area contributed by atoms with Crippen LogP contribution in [0.4, 0.5) is 0 Å². The lowest BCUT2D eigenvalue weighted by Gasteiger charge is -2.22. The van der Waals surface area contributed by atoms with Gasteiger partial charge in [-0.05, 0) is 30.5 Å². The summed E-state index contributed by atoms with van der Waals surface area (Å²) in [5.41, 5.74) is 0.942. The van der Waals surface area contributed by atoms with Gasteiger partial charge < -0.3 is 10.0 Å². The molecular formula is C16H14ClN3O3. The molecule has 6 nitrogen and oxygen atoms in total. The second-order valence-electron chi connectivity index (χ2n) is 5.38. The third kappa shape index (κ3) is 3.65. The second-order valence-corrected chi connectivity index (χ2v) is 5.82. The van der Waals surface area contributed by atoms with Crippen LogP contribution in [0.25, 0.3) is 0 Å². The van der Waals surface area contributed by atoms with Gasteiger partial charge in [0.2, 0.25) is 0 Å². The molecule has 1 heterocycles. The molecule has 2 aromatic rings. The fourth-order valence-corrected chi connectivity index (χ4v) is 2.36. The van der Waals surface area contributed by atoms with Gasteiger partial charge in [0.1, 0.15) is 5.69 Å². The summed E-state index contributed by atoms with van der Waals surface area (Å²) in [5.74, 6) is -1.41. The summed E-state index contributed by atoms with van der Waals surface area (Å²) in [6.07, 6.45) is 4.23. The molecule has 0 spiro atoms. The van der Waals surface area contributed by atoms with Gasteiger partial charge in [0.15, 0.2) is 5.69 Å². The van der Waals surface area contributed by atoms with Gasteiger partial charge in [-0.25, -0.2) is 14.8 Å². The van der Waals surface area contributed by atoms with Crippen LogP contribution in [0, 0.1) is 0 Å². The topological polar surface area (TPSA) is 83.4 Å². The summed E-state index contributed by atoms with van der Waals surface area (Å²) in [6, 6.07) is 7.52. The standard InChI is InChI=1S/C16H14ClN3O3/c17-11-3-1-10(2-4-11)9-20(12-5-6-12)15(21)13-7-19-14(8-18-13)16(22)23/h1-4,7-8,12H,5-6,9H2,(H,22,23). The van der Waals surface area contributed by atoms with Crippen molar-refractivity contribution in [3.8, 4) is 0 Å². The van der Waals surface area contributed by atoms with Crippen LogP contribution < -0.4 is 0 Å². The summed E-state index contributed by atoms with van der Waals surface area (Å²) in [5, 5.41) is 9.48. The van der Waals surface area contributed by atoms with Crippen molar-refractivity contribution >= 4 is 23.5 Å². The number of hydrogen-bond acceptors (Lipinski definition) is 4. The Morgan fingerprint density at radius 1 is 1.13 bits per heavy atom. The van der Waals surface area contributed by atoms with Crippen molar-refractivity contribution in [1.82, 2.24) is 14.9 Å². The summed E-state index contributed by atoms with van der Waals surface area (Å²) in [7, 11) is 0. The van der Waals surface area contributed by atoms with E-state index < -0.39 is 5.97 Å². The lowest BCUT2D eigenvalue weighted by atomic mass is 10.2. The molecule has 1 aromatic heterocycles. The highest BCUT2D eigenvalue weighted by Gasteiger charge is 2.33. The molecule has 0 saturated heterocycles. The SMILES string of the molecule is O=C(O)c1cnc(C(=O)N(Cc2ccc(Cl)cc2)C2CC2)cn1. The van der Waals surface area contributed by atoms with E-state index in [1.807, 2.05) is 12.1 Å². The third-order valence-electron chi connectivity index (χ3n) is 3.60. The molecular weight excluding hydrogens is 318 g/mol. The van der Waals surface area contributed by atoms with Crippen molar-refractivity contribution in [2.24, 2.45) is 0 Å². The van der Waals surface area contributed by atoms with Gasteiger partial charge in [0.25, 0.3) is 5.91 Å². The highest BCUT2D eigenvalue weighted by Crippen LogP contribution is 2.29. The zero-order valence-corrected chi connectivity index (χ0v) is 12.9. The molecule has 0 unspecified atom stereocenters. The van der Waals surface area contributed by atoms with Crippen LogP contribution in [0.3, 0.4) is 0 Å². The number of aromatic nitrogens is 2. The molecule has 0 aliphatic heterocycles. The zero-order chi connectivity index (χ0) is 16.4. The Morgan fingerprint density at radius 3 is 2.26 bits per heavy atom. The van der Waals surface area contributed by atoms with Crippen molar-refractivity contribution in [1.29, 1.82) is 0 Å². The first kappa shape index (κ1) is 15.4. The van der Waals surface area contributed by atoms with E-state index in [1.54, 1.807) is 17.0 Å². The predicted octanol–water partition coefficient (Wildman–Crippen LogP) is 2.63. The Labute approximate surface area is 137 Å². The van der Waals surface area contributed by atoms with Crippen LogP contribution in [0.2, 0.25) is 5.02 Å². The van der Waals surface area contributed by atoms with Crippen LogP contribution >= 0.6 is 11.6 Å². The molecule has 1 aliphatic rings. The lowest BCUT2D eigenvalue weighted by molar-refractivity contribution is 0.0682. The summed E-state index contributed by atoms with van der Waals surface area (Å²) >= 11 is 5.88. The molecule has 1 aromatic carbocycles. The summed E-state index contributed by atoms with van der Waals surface area (Å²) < 4.78 is 0. The second kappa shape index (κ2) is 6.34. The Hall–Kier alpha value is -2.47. The third-order valence-corrected chi connectivity index (χ3v) is 3.86. The van der Waals surface area contributed by atoms with Gasteiger partial charge in [0, 0.05) is 17.6 Å². The highest BCUT2D eigenvalue weighted by molar-refractivity contribution is 6.30. The minimum absolute atomic E-state index is 0.149. The smallest absolute Gasteiger partial charge is 0.356 e. The Morgan fingerprint density at radius 2 is 1.74 bits per heavy atom. The molecule has 1 aliphatic carbocycles. The van der Waals surface area contributed by atoms with Crippen LogP contribution in [-0.4, -0.2) is 37.9 Å². The number of rotatable bonds is 5. The van der Waals surface area contributed by atoms with Crippen molar-refractivity contribution in [3.05, 3.63) is 58.6 Å². The summed E-state index contributed by atoms with van der Waals surface area (Å²) in [4.78, 5) is 32.9. The number of benzene rings is 1. The van der Waals surface area contributed by atoms with Gasteiger partial charge in [-0.3, -0.25) is 4.79 Å². The monoisotopic (exact) mass is 331 g/mol. The molecule has 1 amide bonds. The van der Waals surface area contributed by atoms with E-state index in [0.717, 1.165) is 24.6 Å². The number of carbonyl (C=O) groups excluding carboxylic acids is 1. The zero-order valence-electron chi connectivity index (χ0n) is 12.1. The van der Waals surface area contributed by atoms with Gasteiger partial charge in [-0.1, -0.05) is 23.7 Å². The molecule has 7 heteroatoms. The average molecular weight is 332 g/mol. The normalized spacial score (nSPS) is 13.6. The number of carbonyl (C=O) groups is 2. The van der Waals surface area contributed by atoms with Gasteiger partial charge in [-0.15, -0.1) is 0 Å². The molecule has 1 N–H and O–H groups in total. The number of carboxylic acids is 1. The number of hydrogen-bond donors (Lipinski definition) is 1. The van der Waals surface area contributed by atoms with E-state index in [9.17, 15) is 9.59 Å². The molecule has 23 heavy (non-hydrogen) atoms. The minimum Gasteiger partial charge on any atom is -0.476 e. The van der Waals surface area contributed by atoms with E-state index in [2.05, 4.69) is 9.97 Å². The van der Waals surface area contributed by atoms with Crippen molar-refractivity contribution in [2.45, 2.75) is 25.4 Å². The molecule has 1 saturated carbocycles. The molecule has 0 radical (unpaired) electrons. The van der Waals surface area contributed by atoms with Crippen molar-refractivity contribution < 1.29 is 14.7 Å². The fourth-order valence-electron chi connectivity index (χ4n) is 2.24. The van der Waals surface area contributed by atoms with Gasteiger partial charge in [0.05, 0.1) is 12.4 Å². The van der Waals surface area contributed by atoms with Gasteiger partial charge >= 0.3 is 5.97 Å². The first-order valence-electron chi connectivity index (χ1n) is 7.15. The van der Waals surface area contributed by atoms with E-state index in [4.69, 9.17) is 16.7 Å². The van der Waals surface area contributed by atoms with Crippen LogP contribution in [-0.2, 0) is 6.54 Å². The first-order chi connectivity index (χ1) is 11.0. The number of amides is 1. The van der Waals surface area contributed by atoms with Crippen molar-refractivity contribution in [2.75, 3.05) is 0 Å². The maximum Gasteiger partial charge on any atom is 0.356 e. The number of aromatic carboxylic acids is 1. The molecule has 118 valence electrons. The van der Waals surface area contributed by atoms with Crippen molar-refractivity contribution in [3.63, 3.8) is 0 Å². The van der Waals surface area contributed by atoms with Crippen LogP contribution in [0.1, 0.15) is 39.4 Å². The summed E-state index contributed by atoms with van der Waals surface area (Å²) in [6.45, 7) is 0.461. The fraction of sp³-hybridized carbons (Fsp3) is 0.250. The van der Waals surface area contributed by atoms with Crippen LogP contribution in [0.15, 0.2) is 36.7 Å². The maximum absolute atomic E-state index is 12.6. The largest absolute Gasteiger partial charge is 0.476 e. The first-order valence-corrected chi connectivity index (χ1v) is 7.53. The Balaban J connectivity index is 1.78. The molecule has 1 fully saturated rings. The molecule has 0 bridgehead atoms. The lowest BCUT2D eigenvalue weighted by Crippen LogP contribution is -2.33. The number of halogens is 1. The van der Waals surface area contributed by atoms with E-state index in [0.29, 0.717) is 11.6 Å². The predicted molar refractivity (Wildman–Crippen MR) is 83.3 cm³/mol.